The van der Waals surface area contributed by atoms with Gasteiger partial charge in [-0.25, -0.2) is 4.79 Å². The molecule has 1 aliphatic heterocycles. The van der Waals surface area contributed by atoms with E-state index in [1.54, 1.807) is 7.11 Å². The molecule has 0 aliphatic carbocycles. The predicted octanol–water partition coefficient (Wildman–Crippen LogP) is 3.08. The van der Waals surface area contributed by atoms with E-state index in [1.165, 1.54) is 5.56 Å². The molecule has 2 N–H and O–H groups in total. The molecule has 0 unspecified atom stereocenters. The fraction of sp³-hybridized carbons (Fsp3) is 0.765. The largest absolute Gasteiger partial charge is 0.379 e. The topological polar surface area (TPSA) is 70.2 Å². The maximum absolute atomic E-state index is 12.7. The van der Waals surface area contributed by atoms with Gasteiger partial charge in [-0.1, -0.05) is 0 Å². The van der Waals surface area contributed by atoms with E-state index < -0.39 is 0 Å². The second kappa shape index (κ2) is 6.91. The third-order valence-corrected chi connectivity index (χ3v) is 4.75. The molecule has 2 rings (SSSR count). The number of ether oxygens (including phenoxy) is 1. The lowest BCUT2D eigenvalue weighted by Crippen LogP contribution is -2.46. The normalized spacial score (nSPS) is 19.9. The van der Waals surface area contributed by atoms with Gasteiger partial charge in [0.1, 0.15) is 0 Å². The molecule has 0 aromatic carbocycles. The van der Waals surface area contributed by atoms with Crippen molar-refractivity contribution in [3.05, 3.63) is 17.0 Å². The number of carbonyl (C=O) groups is 1. The Morgan fingerprint density at radius 2 is 2.22 bits per heavy atom. The van der Waals surface area contributed by atoms with Gasteiger partial charge in [0.05, 0.1) is 17.3 Å². The van der Waals surface area contributed by atoms with Gasteiger partial charge in [-0.2, -0.15) is 5.10 Å². The lowest BCUT2D eigenvalue weighted by Gasteiger charge is -2.30. The van der Waals surface area contributed by atoms with Gasteiger partial charge >= 0.3 is 6.03 Å². The molecule has 0 saturated carbocycles. The van der Waals surface area contributed by atoms with Crippen LogP contribution in [0.4, 0.5) is 4.79 Å². The molecule has 1 fully saturated rings. The van der Waals surface area contributed by atoms with Gasteiger partial charge in [0.2, 0.25) is 0 Å². The fourth-order valence-corrected chi connectivity index (χ4v) is 3.53. The average molecular weight is 322 g/mol. The highest BCUT2D eigenvalue weighted by molar-refractivity contribution is 5.75. The van der Waals surface area contributed by atoms with Gasteiger partial charge in [-0.15, -0.1) is 0 Å². The summed E-state index contributed by atoms with van der Waals surface area (Å²) in [4.78, 5) is 14.6. The summed E-state index contributed by atoms with van der Waals surface area (Å²) in [7, 11) is 1.70. The number of aryl methyl sites for hydroxylation is 2. The smallest absolute Gasteiger partial charge is 0.318 e. The first-order chi connectivity index (χ1) is 10.7. The molecule has 1 aromatic rings. The zero-order chi connectivity index (χ0) is 17.2. The molecule has 130 valence electrons. The van der Waals surface area contributed by atoms with Crippen molar-refractivity contribution in [3.8, 4) is 0 Å². The Kier molecular flexibility index (Phi) is 5.34. The summed E-state index contributed by atoms with van der Waals surface area (Å²) in [5.41, 5.74) is 2.97. The molecule has 2 heterocycles. The van der Waals surface area contributed by atoms with Crippen LogP contribution in [0.15, 0.2) is 0 Å². The number of methoxy groups -OCH3 is 1. The summed E-state index contributed by atoms with van der Waals surface area (Å²) in [5.74, 6) is 0. The van der Waals surface area contributed by atoms with Gasteiger partial charge in [-0.3, -0.25) is 5.10 Å². The average Bonchev–Trinajstić information content (AvgIpc) is 3.05. The first-order valence-corrected chi connectivity index (χ1v) is 8.39. The Labute approximate surface area is 139 Å². The predicted molar refractivity (Wildman–Crippen MR) is 90.4 cm³/mol. The van der Waals surface area contributed by atoms with E-state index >= 15 is 0 Å². The van der Waals surface area contributed by atoms with Crippen LogP contribution in [-0.4, -0.2) is 46.4 Å². The second-order valence-corrected chi connectivity index (χ2v) is 7.22. The third kappa shape index (κ3) is 4.05. The van der Waals surface area contributed by atoms with Crippen LogP contribution < -0.4 is 5.32 Å². The number of hydrogen-bond donors (Lipinski definition) is 2. The SMILES string of the molecule is COC(C)(C)C[C@@H](C)NC(=O)N1CCC[C@H]1c1c(C)n[nH]c1C. The minimum Gasteiger partial charge on any atom is -0.379 e. The second-order valence-electron chi connectivity index (χ2n) is 7.22. The van der Waals surface area contributed by atoms with Crippen LogP contribution in [0.5, 0.6) is 0 Å². The standard InChI is InChI=1S/C17H30N4O2/c1-11(10-17(4,5)23-6)18-16(22)21-9-7-8-14(21)15-12(2)19-20-13(15)3/h11,14H,7-10H2,1-6H3,(H,18,22)(H,19,20)/t11-,14+/m1/s1. The third-order valence-electron chi connectivity index (χ3n) is 4.75. The molecule has 23 heavy (non-hydrogen) atoms. The van der Waals surface area contributed by atoms with E-state index in [-0.39, 0.29) is 23.7 Å². The fourth-order valence-electron chi connectivity index (χ4n) is 3.53. The molecule has 6 nitrogen and oxygen atoms in total. The Morgan fingerprint density at radius 3 is 2.78 bits per heavy atom. The lowest BCUT2D eigenvalue weighted by molar-refractivity contribution is 0.00910. The van der Waals surface area contributed by atoms with Gasteiger partial charge in [0.15, 0.2) is 0 Å². The zero-order valence-corrected chi connectivity index (χ0v) is 15.2. The number of hydrogen-bond acceptors (Lipinski definition) is 3. The number of urea groups is 1. The van der Waals surface area contributed by atoms with E-state index in [9.17, 15) is 4.79 Å². The monoisotopic (exact) mass is 322 g/mol. The minimum absolute atomic E-state index is 0.00639. The Balaban J connectivity index is 2.04. The van der Waals surface area contributed by atoms with Crippen molar-refractivity contribution in [2.24, 2.45) is 0 Å². The van der Waals surface area contributed by atoms with E-state index in [0.717, 1.165) is 37.2 Å². The summed E-state index contributed by atoms with van der Waals surface area (Å²) in [5, 5.41) is 10.4. The first-order valence-electron chi connectivity index (χ1n) is 8.39. The number of nitrogens with zero attached hydrogens (tertiary/aromatic N) is 2. The number of H-pyrrole nitrogens is 1. The molecular formula is C17H30N4O2. The molecule has 0 spiro atoms. The molecule has 1 aliphatic rings. The highest BCUT2D eigenvalue weighted by atomic mass is 16.5. The van der Waals surface area contributed by atoms with Crippen molar-refractivity contribution < 1.29 is 9.53 Å². The Hall–Kier alpha value is -1.56. The van der Waals surface area contributed by atoms with Crippen molar-refractivity contribution >= 4 is 6.03 Å². The Bertz CT molecular complexity index is 533. The van der Waals surface area contributed by atoms with Gasteiger partial charge in [0.25, 0.3) is 0 Å². The van der Waals surface area contributed by atoms with Gasteiger partial charge in [0, 0.05) is 31.0 Å². The summed E-state index contributed by atoms with van der Waals surface area (Å²) in [6.45, 7) is 10.9. The summed E-state index contributed by atoms with van der Waals surface area (Å²) in [6.07, 6.45) is 2.80. The van der Waals surface area contributed by atoms with E-state index in [1.807, 2.05) is 39.5 Å². The zero-order valence-electron chi connectivity index (χ0n) is 15.2. The number of nitrogens with one attached hydrogen (secondary N) is 2. The van der Waals surface area contributed by atoms with Crippen LogP contribution in [-0.2, 0) is 4.74 Å². The summed E-state index contributed by atoms with van der Waals surface area (Å²) >= 11 is 0. The molecule has 6 heteroatoms. The lowest BCUT2D eigenvalue weighted by atomic mass is 10.00. The van der Waals surface area contributed by atoms with Gasteiger partial charge in [-0.05, 0) is 53.9 Å². The number of carbonyl (C=O) groups excluding carboxylic acids is 1. The highest BCUT2D eigenvalue weighted by Gasteiger charge is 2.33. The molecule has 0 radical (unpaired) electrons. The van der Waals surface area contributed by atoms with Crippen molar-refractivity contribution in [1.29, 1.82) is 0 Å². The number of aromatic nitrogens is 2. The molecule has 2 amide bonds. The molecule has 0 bridgehead atoms. The first kappa shape index (κ1) is 17.8. The van der Waals surface area contributed by atoms with Crippen LogP contribution in [0.2, 0.25) is 0 Å². The summed E-state index contributed by atoms with van der Waals surface area (Å²) < 4.78 is 5.45. The van der Waals surface area contributed by atoms with Crippen molar-refractivity contribution in [3.63, 3.8) is 0 Å². The van der Waals surface area contributed by atoms with Crippen LogP contribution in [0.3, 0.4) is 0 Å². The molecular weight excluding hydrogens is 292 g/mol. The van der Waals surface area contributed by atoms with Gasteiger partial charge < -0.3 is 15.0 Å². The van der Waals surface area contributed by atoms with Crippen molar-refractivity contribution in [2.75, 3.05) is 13.7 Å². The summed E-state index contributed by atoms with van der Waals surface area (Å²) in [6, 6.07) is 0.188. The number of likely N-dealkylation sites (tertiary alicyclic amines) is 1. The van der Waals surface area contributed by atoms with Crippen molar-refractivity contribution in [1.82, 2.24) is 20.4 Å². The molecule has 1 saturated heterocycles. The number of rotatable bonds is 5. The maximum Gasteiger partial charge on any atom is 0.318 e. The van der Waals surface area contributed by atoms with Crippen molar-refractivity contribution in [2.45, 2.75) is 71.6 Å². The van der Waals surface area contributed by atoms with Crippen LogP contribution >= 0.6 is 0 Å². The number of amides is 2. The molecule has 1 aromatic heterocycles. The van der Waals surface area contributed by atoms with E-state index in [4.69, 9.17) is 4.74 Å². The van der Waals surface area contributed by atoms with E-state index in [0.29, 0.717) is 0 Å². The van der Waals surface area contributed by atoms with E-state index in [2.05, 4.69) is 15.5 Å². The Morgan fingerprint density at radius 1 is 1.52 bits per heavy atom. The quantitative estimate of drug-likeness (QED) is 0.875. The maximum atomic E-state index is 12.7. The highest BCUT2D eigenvalue weighted by Crippen LogP contribution is 2.34. The number of aromatic amines is 1. The molecule has 2 atom stereocenters. The minimum atomic E-state index is -0.241. The van der Waals surface area contributed by atoms with Crippen LogP contribution in [0.25, 0.3) is 0 Å². The van der Waals surface area contributed by atoms with Crippen LogP contribution in [0, 0.1) is 13.8 Å². The van der Waals surface area contributed by atoms with Crippen LogP contribution in [0.1, 0.15) is 63.0 Å².